The molecule has 0 unspecified atom stereocenters. The monoisotopic (exact) mass is 489 g/mol. The van der Waals surface area contributed by atoms with Gasteiger partial charge in [-0.15, -0.1) is 11.3 Å². The summed E-state index contributed by atoms with van der Waals surface area (Å²) >= 11 is 7.31. The number of aromatic nitrogens is 2. The summed E-state index contributed by atoms with van der Waals surface area (Å²) in [6.07, 6.45) is 0.902. The van der Waals surface area contributed by atoms with Gasteiger partial charge in [-0.2, -0.15) is 0 Å². The molecule has 6 nitrogen and oxygen atoms in total. The summed E-state index contributed by atoms with van der Waals surface area (Å²) < 4.78 is 3.75. The molecule has 5 aromatic rings. The molecule has 170 valence electrons. The van der Waals surface area contributed by atoms with Crippen LogP contribution in [-0.2, 0) is 17.8 Å². The number of benzene rings is 3. The maximum Gasteiger partial charge on any atom is 0.336 e. The fourth-order valence-electron chi connectivity index (χ4n) is 3.98. The summed E-state index contributed by atoms with van der Waals surface area (Å²) in [4.78, 5) is 40.0. The molecule has 0 atom stereocenters. The molecule has 34 heavy (non-hydrogen) atoms. The number of anilines is 1. The molecule has 2 heterocycles. The van der Waals surface area contributed by atoms with E-state index in [1.165, 1.54) is 15.9 Å². The Hall–Kier alpha value is -3.68. The van der Waals surface area contributed by atoms with Gasteiger partial charge in [-0.1, -0.05) is 48.9 Å². The van der Waals surface area contributed by atoms with E-state index in [9.17, 15) is 14.4 Å². The third-order valence-electron chi connectivity index (χ3n) is 5.69. The summed E-state index contributed by atoms with van der Waals surface area (Å²) in [7, 11) is 0. The molecule has 1 amide bonds. The number of carbonyl (C=O) groups excluding carboxylic acids is 1. The Morgan fingerprint density at radius 1 is 0.971 bits per heavy atom. The van der Waals surface area contributed by atoms with Gasteiger partial charge >= 0.3 is 5.69 Å². The van der Waals surface area contributed by atoms with Crippen LogP contribution < -0.4 is 16.6 Å². The predicted octanol–water partition coefficient (Wildman–Crippen LogP) is 5.22. The van der Waals surface area contributed by atoms with E-state index in [0.29, 0.717) is 26.6 Å². The van der Waals surface area contributed by atoms with Crippen molar-refractivity contribution >= 4 is 54.8 Å². The van der Waals surface area contributed by atoms with E-state index < -0.39 is 11.2 Å². The van der Waals surface area contributed by atoms with E-state index in [1.54, 1.807) is 24.3 Å². The van der Waals surface area contributed by atoms with Gasteiger partial charge in [0.25, 0.3) is 5.56 Å². The van der Waals surface area contributed by atoms with Crippen LogP contribution in [0.1, 0.15) is 12.5 Å². The van der Waals surface area contributed by atoms with Crippen LogP contribution in [0.2, 0.25) is 5.02 Å². The molecule has 0 bridgehead atoms. The van der Waals surface area contributed by atoms with Crippen molar-refractivity contribution in [2.45, 2.75) is 19.9 Å². The first-order chi connectivity index (χ1) is 16.5. The zero-order valence-corrected chi connectivity index (χ0v) is 19.8. The van der Waals surface area contributed by atoms with Gasteiger partial charge in [-0.05, 0) is 54.4 Å². The zero-order valence-electron chi connectivity index (χ0n) is 18.2. The largest absolute Gasteiger partial charge is 0.336 e. The lowest BCUT2D eigenvalue weighted by Crippen LogP contribution is -2.40. The van der Waals surface area contributed by atoms with E-state index in [2.05, 4.69) is 12.2 Å². The zero-order chi connectivity index (χ0) is 23.8. The van der Waals surface area contributed by atoms with Crippen LogP contribution in [0.4, 0.5) is 5.69 Å². The van der Waals surface area contributed by atoms with Crippen LogP contribution in [0.5, 0.6) is 0 Å². The fraction of sp³-hybridized carbons (Fsp3) is 0.115. The number of nitrogens with one attached hydrogen (secondary N) is 1. The van der Waals surface area contributed by atoms with Crippen molar-refractivity contribution in [1.82, 2.24) is 9.13 Å². The molecule has 0 saturated heterocycles. The second-order valence-electron chi connectivity index (χ2n) is 7.86. The molecule has 8 heteroatoms. The standard InChI is InChI=1S/C26H20ClN3O3S/c1-2-16-7-11-18(12-8-16)28-22(31)15-29-23-20-5-3-4-6-21(20)34-24(23)25(32)30(26(29)33)19-13-9-17(27)10-14-19/h3-14H,2,15H2,1H3,(H,28,31). The van der Waals surface area contributed by atoms with Gasteiger partial charge in [0, 0.05) is 20.8 Å². The lowest BCUT2D eigenvalue weighted by atomic mass is 10.1. The molecule has 3 aromatic carbocycles. The summed E-state index contributed by atoms with van der Waals surface area (Å²) in [5.41, 5.74) is 1.67. The van der Waals surface area contributed by atoms with Gasteiger partial charge in [0.05, 0.1) is 11.2 Å². The summed E-state index contributed by atoms with van der Waals surface area (Å²) in [6, 6.07) is 21.5. The molecule has 5 rings (SSSR count). The number of carbonyl (C=O) groups is 1. The third kappa shape index (κ3) is 3.93. The molecule has 2 aromatic heterocycles. The first kappa shape index (κ1) is 22.1. The minimum absolute atomic E-state index is 0.237. The van der Waals surface area contributed by atoms with Crippen molar-refractivity contribution < 1.29 is 4.79 Å². The number of aryl methyl sites for hydroxylation is 1. The quantitative estimate of drug-likeness (QED) is 0.368. The smallest absolute Gasteiger partial charge is 0.325 e. The highest BCUT2D eigenvalue weighted by Gasteiger charge is 2.20. The van der Waals surface area contributed by atoms with Crippen LogP contribution in [0.3, 0.4) is 0 Å². The second-order valence-corrected chi connectivity index (χ2v) is 9.35. The molecular weight excluding hydrogens is 470 g/mol. The van der Waals surface area contributed by atoms with Gasteiger partial charge in [0.2, 0.25) is 5.91 Å². The Balaban J connectivity index is 1.67. The number of hydrogen-bond acceptors (Lipinski definition) is 4. The Morgan fingerprint density at radius 3 is 2.38 bits per heavy atom. The first-order valence-electron chi connectivity index (χ1n) is 10.8. The van der Waals surface area contributed by atoms with Crippen molar-refractivity contribution in [2.24, 2.45) is 0 Å². The van der Waals surface area contributed by atoms with Gasteiger partial charge in [-0.3, -0.25) is 14.2 Å². The van der Waals surface area contributed by atoms with Crippen molar-refractivity contribution in [3.63, 3.8) is 0 Å². The maximum atomic E-state index is 13.6. The van der Waals surface area contributed by atoms with Crippen molar-refractivity contribution in [3.05, 3.63) is 104 Å². The molecule has 0 saturated carbocycles. The number of hydrogen-bond donors (Lipinski definition) is 1. The van der Waals surface area contributed by atoms with Crippen LogP contribution in [0.15, 0.2) is 82.4 Å². The molecule has 0 aliphatic carbocycles. The van der Waals surface area contributed by atoms with Crippen molar-refractivity contribution in [1.29, 1.82) is 0 Å². The average molecular weight is 490 g/mol. The highest BCUT2D eigenvalue weighted by molar-refractivity contribution is 7.25. The highest BCUT2D eigenvalue weighted by Crippen LogP contribution is 2.31. The molecule has 0 radical (unpaired) electrons. The molecule has 0 spiro atoms. The topological polar surface area (TPSA) is 73.1 Å². The predicted molar refractivity (Wildman–Crippen MR) is 139 cm³/mol. The lowest BCUT2D eigenvalue weighted by Gasteiger charge is -2.13. The summed E-state index contributed by atoms with van der Waals surface area (Å²) in [5.74, 6) is -0.357. The number of nitrogens with zero attached hydrogens (tertiary/aromatic N) is 2. The normalized spacial score (nSPS) is 11.2. The van der Waals surface area contributed by atoms with Crippen molar-refractivity contribution in [2.75, 3.05) is 5.32 Å². The van der Waals surface area contributed by atoms with E-state index in [-0.39, 0.29) is 12.5 Å². The number of halogens is 1. The molecule has 0 fully saturated rings. The SMILES string of the molecule is CCc1ccc(NC(=O)Cn2c(=O)n(-c3ccc(Cl)cc3)c(=O)c3sc4ccccc4c32)cc1. The Kier molecular flexibility index (Phi) is 5.81. The van der Waals surface area contributed by atoms with Gasteiger partial charge in [0.15, 0.2) is 0 Å². The van der Waals surface area contributed by atoms with Crippen LogP contribution in [-0.4, -0.2) is 15.0 Å². The number of fused-ring (bicyclic) bond motifs is 3. The van der Waals surface area contributed by atoms with Crippen LogP contribution >= 0.6 is 22.9 Å². The summed E-state index contributed by atoms with van der Waals surface area (Å²) in [5, 5.41) is 4.11. The first-order valence-corrected chi connectivity index (χ1v) is 12.0. The van der Waals surface area contributed by atoms with E-state index in [1.807, 2.05) is 48.5 Å². The van der Waals surface area contributed by atoms with Crippen molar-refractivity contribution in [3.8, 4) is 5.69 Å². The molecule has 1 N–H and O–H groups in total. The summed E-state index contributed by atoms with van der Waals surface area (Å²) in [6.45, 7) is 1.82. The van der Waals surface area contributed by atoms with E-state index in [4.69, 9.17) is 11.6 Å². The molecule has 0 aliphatic heterocycles. The Bertz CT molecular complexity index is 1650. The lowest BCUT2D eigenvalue weighted by molar-refractivity contribution is -0.116. The third-order valence-corrected chi connectivity index (χ3v) is 7.09. The molecule has 0 aliphatic rings. The minimum atomic E-state index is -0.583. The molecular formula is C26H20ClN3O3S. The average Bonchev–Trinajstić information content (AvgIpc) is 3.23. The van der Waals surface area contributed by atoms with Gasteiger partial charge in [0.1, 0.15) is 11.2 Å². The number of rotatable bonds is 5. The van der Waals surface area contributed by atoms with E-state index >= 15 is 0 Å². The second kappa shape index (κ2) is 8.93. The maximum absolute atomic E-state index is 13.6. The highest BCUT2D eigenvalue weighted by atomic mass is 35.5. The Labute approximate surface area is 203 Å². The van der Waals surface area contributed by atoms with E-state index in [0.717, 1.165) is 26.6 Å². The van der Waals surface area contributed by atoms with Crippen LogP contribution in [0.25, 0.3) is 26.0 Å². The van der Waals surface area contributed by atoms with Gasteiger partial charge in [-0.25, -0.2) is 9.36 Å². The van der Waals surface area contributed by atoms with Crippen LogP contribution in [0, 0.1) is 0 Å². The Morgan fingerprint density at radius 2 is 1.68 bits per heavy atom. The number of thiophene rings is 1. The fourth-order valence-corrected chi connectivity index (χ4v) is 5.24. The van der Waals surface area contributed by atoms with Gasteiger partial charge < -0.3 is 5.32 Å². The number of amides is 1. The minimum Gasteiger partial charge on any atom is -0.325 e.